The Labute approximate surface area is 80.9 Å². The molecule has 0 amide bonds. The molecule has 68 valence electrons. The second kappa shape index (κ2) is 2.56. The van der Waals surface area contributed by atoms with Crippen LogP contribution in [0.4, 0.5) is 11.4 Å². The highest BCUT2D eigenvalue weighted by atomic mass is 16.5. The number of aliphatic imine (C=N–C) groups is 1. The van der Waals surface area contributed by atoms with E-state index in [-0.39, 0.29) is 0 Å². The summed E-state index contributed by atoms with van der Waals surface area (Å²) >= 11 is 0. The van der Waals surface area contributed by atoms with Crippen LogP contribution in [0.2, 0.25) is 0 Å². The molecule has 1 heterocycles. The Hall–Kier alpha value is -1.87. The summed E-state index contributed by atoms with van der Waals surface area (Å²) in [6.07, 6.45) is 1.41. The van der Waals surface area contributed by atoms with E-state index >= 15 is 0 Å². The molecule has 3 rings (SSSR count). The predicted octanol–water partition coefficient (Wildman–Crippen LogP) is 2.71. The minimum atomic E-state index is 0.785. The second-order valence-electron chi connectivity index (χ2n) is 3.24. The summed E-state index contributed by atoms with van der Waals surface area (Å²) in [4.78, 5) is 4.14. The van der Waals surface area contributed by atoms with Crippen molar-refractivity contribution in [3.63, 3.8) is 0 Å². The smallest absolute Gasteiger partial charge is 0.122 e. The molecule has 0 unspecified atom stereocenters. The molecule has 0 atom stereocenters. The molecule has 0 spiro atoms. The maximum atomic E-state index is 9.56. The average Bonchev–Trinajstić information content (AvgIpc) is 2.24. The average molecular weight is 184 g/mol. The summed E-state index contributed by atoms with van der Waals surface area (Å²) < 4.78 is 0. The van der Waals surface area contributed by atoms with Crippen molar-refractivity contribution in [2.75, 3.05) is 5.06 Å². The van der Waals surface area contributed by atoms with E-state index in [1.165, 1.54) is 6.34 Å². The Kier molecular flexibility index (Phi) is 1.38. The second-order valence-corrected chi connectivity index (χ2v) is 3.24. The maximum absolute atomic E-state index is 9.56. The third-order valence-electron chi connectivity index (χ3n) is 2.41. The zero-order chi connectivity index (χ0) is 9.54. The zero-order valence-corrected chi connectivity index (χ0v) is 7.38. The summed E-state index contributed by atoms with van der Waals surface area (Å²) in [7, 11) is 0. The van der Waals surface area contributed by atoms with Crippen molar-refractivity contribution in [1.82, 2.24) is 0 Å². The van der Waals surface area contributed by atoms with Gasteiger partial charge in [-0.25, -0.2) is 10.1 Å². The predicted molar refractivity (Wildman–Crippen MR) is 56.4 cm³/mol. The van der Waals surface area contributed by atoms with Crippen LogP contribution < -0.4 is 5.06 Å². The van der Waals surface area contributed by atoms with E-state index in [1.54, 1.807) is 0 Å². The van der Waals surface area contributed by atoms with Crippen LogP contribution in [0.1, 0.15) is 0 Å². The lowest BCUT2D eigenvalue weighted by Gasteiger charge is -2.18. The first-order chi connectivity index (χ1) is 6.86. The number of hydroxylamine groups is 1. The van der Waals surface area contributed by atoms with Crippen molar-refractivity contribution in [3.8, 4) is 0 Å². The zero-order valence-electron chi connectivity index (χ0n) is 7.38. The monoisotopic (exact) mass is 184 g/mol. The van der Waals surface area contributed by atoms with Gasteiger partial charge in [-0.2, -0.15) is 0 Å². The van der Waals surface area contributed by atoms with Crippen molar-refractivity contribution in [3.05, 3.63) is 36.4 Å². The van der Waals surface area contributed by atoms with Gasteiger partial charge in [0.15, 0.2) is 0 Å². The van der Waals surface area contributed by atoms with E-state index < -0.39 is 0 Å². The molecule has 3 nitrogen and oxygen atoms in total. The molecule has 2 aromatic rings. The Bertz CT molecular complexity index is 529. The third-order valence-corrected chi connectivity index (χ3v) is 2.41. The normalized spacial score (nSPS) is 13.6. The first-order valence-electron chi connectivity index (χ1n) is 4.40. The van der Waals surface area contributed by atoms with E-state index in [2.05, 4.69) is 4.99 Å². The van der Waals surface area contributed by atoms with Crippen LogP contribution in [0.3, 0.4) is 0 Å². The van der Waals surface area contributed by atoms with Crippen LogP contribution in [0.5, 0.6) is 0 Å². The van der Waals surface area contributed by atoms with E-state index in [0.717, 1.165) is 27.2 Å². The van der Waals surface area contributed by atoms with E-state index in [9.17, 15) is 5.21 Å². The van der Waals surface area contributed by atoms with Crippen LogP contribution in [0.25, 0.3) is 10.8 Å². The summed E-state index contributed by atoms with van der Waals surface area (Å²) in [6, 6.07) is 11.7. The molecule has 3 heteroatoms. The van der Waals surface area contributed by atoms with Gasteiger partial charge in [0.25, 0.3) is 0 Å². The van der Waals surface area contributed by atoms with Gasteiger partial charge >= 0.3 is 0 Å². The van der Waals surface area contributed by atoms with Gasteiger partial charge in [0.2, 0.25) is 0 Å². The first kappa shape index (κ1) is 7.53. The Morgan fingerprint density at radius 3 is 2.71 bits per heavy atom. The standard InChI is InChI=1S/C11H8N2O/c14-13-7-12-9-5-1-3-8-4-2-6-10(13)11(8)9/h1-7,14H. The molecular formula is C11H8N2O. The van der Waals surface area contributed by atoms with E-state index in [4.69, 9.17) is 0 Å². The quantitative estimate of drug-likeness (QED) is 0.683. The Morgan fingerprint density at radius 1 is 1.07 bits per heavy atom. The molecule has 0 fully saturated rings. The number of hydrogen-bond donors (Lipinski definition) is 1. The molecule has 1 N–H and O–H groups in total. The topological polar surface area (TPSA) is 35.8 Å². The molecule has 14 heavy (non-hydrogen) atoms. The molecule has 0 saturated heterocycles. The Morgan fingerprint density at radius 2 is 1.86 bits per heavy atom. The summed E-state index contributed by atoms with van der Waals surface area (Å²) in [5.41, 5.74) is 1.69. The minimum absolute atomic E-state index is 0.785. The van der Waals surface area contributed by atoms with Crippen molar-refractivity contribution in [2.24, 2.45) is 4.99 Å². The molecule has 0 radical (unpaired) electrons. The highest BCUT2D eigenvalue weighted by molar-refractivity contribution is 6.08. The lowest BCUT2D eigenvalue weighted by molar-refractivity contribution is 0.317. The van der Waals surface area contributed by atoms with Gasteiger partial charge in [0.05, 0.1) is 11.4 Å². The van der Waals surface area contributed by atoms with Crippen LogP contribution >= 0.6 is 0 Å². The number of anilines is 1. The summed E-state index contributed by atoms with van der Waals surface area (Å²) in [6.45, 7) is 0. The van der Waals surface area contributed by atoms with Gasteiger partial charge in [0, 0.05) is 5.39 Å². The molecule has 0 aliphatic carbocycles. The minimum Gasteiger partial charge on any atom is -0.283 e. The van der Waals surface area contributed by atoms with Gasteiger partial charge in [-0.15, -0.1) is 0 Å². The van der Waals surface area contributed by atoms with Crippen LogP contribution in [0.15, 0.2) is 41.4 Å². The first-order valence-corrected chi connectivity index (χ1v) is 4.40. The lowest BCUT2D eigenvalue weighted by Crippen LogP contribution is -2.17. The summed E-state index contributed by atoms with van der Waals surface area (Å²) in [5, 5.41) is 12.7. The van der Waals surface area contributed by atoms with Gasteiger partial charge in [-0.1, -0.05) is 24.3 Å². The van der Waals surface area contributed by atoms with Gasteiger partial charge in [-0.05, 0) is 17.5 Å². The number of nitrogens with zero attached hydrogens (tertiary/aromatic N) is 2. The highest BCUT2D eigenvalue weighted by Crippen LogP contribution is 2.35. The number of benzene rings is 2. The number of rotatable bonds is 0. The third kappa shape index (κ3) is 0.871. The summed E-state index contributed by atoms with van der Waals surface area (Å²) in [5.74, 6) is 0. The van der Waals surface area contributed by atoms with Gasteiger partial charge < -0.3 is 0 Å². The molecular weight excluding hydrogens is 176 g/mol. The largest absolute Gasteiger partial charge is 0.283 e. The van der Waals surface area contributed by atoms with Crippen molar-refractivity contribution in [2.45, 2.75) is 0 Å². The molecule has 1 aliphatic rings. The molecule has 0 aromatic heterocycles. The highest BCUT2D eigenvalue weighted by Gasteiger charge is 2.12. The van der Waals surface area contributed by atoms with Gasteiger partial charge in [0.1, 0.15) is 6.34 Å². The SMILES string of the molecule is ON1C=Nc2cccc3cccc1c23. The van der Waals surface area contributed by atoms with Crippen LogP contribution in [0, 0.1) is 0 Å². The van der Waals surface area contributed by atoms with E-state index in [1.807, 2.05) is 36.4 Å². The van der Waals surface area contributed by atoms with Crippen molar-refractivity contribution >= 4 is 28.5 Å². The molecule has 0 saturated carbocycles. The fourth-order valence-corrected chi connectivity index (χ4v) is 1.78. The lowest BCUT2D eigenvalue weighted by atomic mass is 10.1. The molecule has 2 aromatic carbocycles. The van der Waals surface area contributed by atoms with Gasteiger partial charge in [-0.3, -0.25) is 5.21 Å². The molecule has 1 aliphatic heterocycles. The van der Waals surface area contributed by atoms with Crippen molar-refractivity contribution in [1.29, 1.82) is 0 Å². The van der Waals surface area contributed by atoms with Crippen LogP contribution in [-0.4, -0.2) is 11.5 Å². The van der Waals surface area contributed by atoms with E-state index in [0.29, 0.717) is 0 Å². The molecule has 0 bridgehead atoms. The number of hydrogen-bond acceptors (Lipinski definition) is 3. The van der Waals surface area contributed by atoms with Crippen molar-refractivity contribution < 1.29 is 5.21 Å². The van der Waals surface area contributed by atoms with Crippen LogP contribution in [-0.2, 0) is 0 Å². The fraction of sp³-hybridized carbons (Fsp3) is 0. The Balaban J connectivity index is 2.52. The fourth-order valence-electron chi connectivity index (χ4n) is 1.78. The maximum Gasteiger partial charge on any atom is 0.122 e.